The first-order valence-corrected chi connectivity index (χ1v) is 7.17. The van der Waals surface area contributed by atoms with Gasteiger partial charge in [-0.1, -0.05) is 0 Å². The Kier molecular flexibility index (Phi) is 4.16. The van der Waals surface area contributed by atoms with Crippen molar-refractivity contribution in [3.05, 3.63) is 23.4 Å². The van der Waals surface area contributed by atoms with Crippen LogP contribution in [0.1, 0.15) is 36.1 Å². The predicted octanol–water partition coefficient (Wildman–Crippen LogP) is 0.140. The van der Waals surface area contributed by atoms with Crippen molar-refractivity contribution in [3.8, 4) is 0 Å². The maximum atomic E-state index is 5.86. The zero-order valence-corrected chi connectivity index (χ0v) is 12.4. The van der Waals surface area contributed by atoms with E-state index in [0.717, 1.165) is 24.4 Å². The SMILES string of the molecule is COCc1nc(NCc2nc(N)n[nH]2)cc(C2CC(N)C2)n1. The molecular formula is C13H20N8O. The highest BCUT2D eigenvalue weighted by Gasteiger charge is 2.29. The summed E-state index contributed by atoms with van der Waals surface area (Å²) in [4.78, 5) is 13.0. The Morgan fingerprint density at radius 1 is 1.36 bits per heavy atom. The van der Waals surface area contributed by atoms with Crippen LogP contribution in [0.4, 0.5) is 11.8 Å². The van der Waals surface area contributed by atoms with Crippen LogP contribution in [-0.2, 0) is 17.9 Å². The van der Waals surface area contributed by atoms with Gasteiger partial charge in [-0.05, 0) is 12.8 Å². The third-order valence-electron chi connectivity index (χ3n) is 3.64. The Labute approximate surface area is 127 Å². The molecule has 0 radical (unpaired) electrons. The van der Waals surface area contributed by atoms with Crippen molar-refractivity contribution in [3.63, 3.8) is 0 Å². The van der Waals surface area contributed by atoms with E-state index < -0.39 is 0 Å². The largest absolute Gasteiger partial charge is 0.377 e. The molecule has 0 saturated heterocycles. The first-order valence-electron chi connectivity index (χ1n) is 7.17. The van der Waals surface area contributed by atoms with Gasteiger partial charge in [0.25, 0.3) is 0 Å². The van der Waals surface area contributed by atoms with Crippen LogP contribution in [0.2, 0.25) is 0 Å². The third kappa shape index (κ3) is 3.31. The van der Waals surface area contributed by atoms with Crippen molar-refractivity contribution < 1.29 is 4.74 Å². The monoisotopic (exact) mass is 304 g/mol. The lowest BCUT2D eigenvalue weighted by Crippen LogP contribution is -2.35. The summed E-state index contributed by atoms with van der Waals surface area (Å²) in [5, 5.41) is 9.74. The Bertz CT molecular complexity index is 637. The molecule has 2 heterocycles. The van der Waals surface area contributed by atoms with Crippen molar-refractivity contribution in [1.29, 1.82) is 0 Å². The van der Waals surface area contributed by atoms with Gasteiger partial charge >= 0.3 is 0 Å². The van der Waals surface area contributed by atoms with Crippen LogP contribution in [-0.4, -0.2) is 38.3 Å². The summed E-state index contributed by atoms with van der Waals surface area (Å²) in [5.74, 6) is 2.66. The molecule has 9 nitrogen and oxygen atoms in total. The second kappa shape index (κ2) is 6.24. The highest BCUT2D eigenvalue weighted by molar-refractivity contribution is 5.38. The first-order chi connectivity index (χ1) is 10.6. The second-order valence-electron chi connectivity index (χ2n) is 5.45. The van der Waals surface area contributed by atoms with E-state index in [0.29, 0.717) is 30.7 Å². The number of H-pyrrole nitrogens is 1. The van der Waals surface area contributed by atoms with E-state index in [4.69, 9.17) is 16.2 Å². The molecule has 0 aliphatic heterocycles. The lowest BCUT2D eigenvalue weighted by molar-refractivity contribution is 0.177. The molecule has 0 atom stereocenters. The zero-order chi connectivity index (χ0) is 15.5. The fourth-order valence-corrected chi connectivity index (χ4v) is 2.48. The quantitative estimate of drug-likeness (QED) is 0.590. The topological polar surface area (TPSA) is 141 Å². The van der Waals surface area contributed by atoms with E-state index in [-0.39, 0.29) is 12.0 Å². The van der Waals surface area contributed by atoms with Crippen molar-refractivity contribution >= 4 is 11.8 Å². The van der Waals surface area contributed by atoms with Gasteiger partial charge in [-0.3, -0.25) is 5.10 Å². The Hall–Kier alpha value is -2.26. The fraction of sp³-hybridized carbons (Fsp3) is 0.538. The third-order valence-corrected chi connectivity index (χ3v) is 3.64. The minimum Gasteiger partial charge on any atom is -0.377 e. The van der Waals surface area contributed by atoms with Crippen LogP contribution < -0.4 is 16.8 Å². The number of aromatic amines is 1. The van der Waals surface area contributed by atoms with Gasteiger partial charge in [0.1, 0.15) is 18.2 Å². The summed E-state index contributed by atoms with van der Waals surface area (Å²) < 4.78 is 5.13. The zero-order valence-electron chi connectivity index (χ0n) is 12.4. The van der Waals surface area contributed by atoms with Gasteiger partial charge in [0, 0.05) is 30.8 Å². The molecule has 2 aromatic heterocycles. The molecule has 0 aromatic carbocycles. The molecule has 3 rings (SSSR count). The molecule has 6 N–H and O–H groups in total. The maximum absolute atomic E-state index is 5.86. The molecule has 0 amide bonds. The lowest BCUT2D eigenvalue weighted by Gasteiger charge is -2.32. The number of aromatic nitrogens is 5. The molecule has 1 fully saturated rings. The van der Waals surface area contributed by atoms with E-state index in [1.54, 1.807) is 7.11 Å². The van der Waals surface area contributed by atoms with Crippen LogP contribution in [0.5, 0.6) is 0 Å². The standard InChI is InChI=1S/C13H20N8O/c1-22-6-12-17-9(7-2-8(14)3-7)4-10(18-12)16-5-11-19-13(15)21-20-11/h4,7-8H,2-3,5-6,14H2,1H3,(H,16,17,18)(H3,15,19,20,21). The summed E-state index contributed by atoms with van der Waals surface area (Å²) in [6, 6.07) is 2.23. The number of hydrogen-bond acceptors (Lipinski definition) is 8. The number of nitrogens with zero attached hydrogens (tertiary/aromatic N) is 4. The number of nitrogens with two attached hydrogens (primary N) is 2. The van der Waals surface area contributed by atoms with E-state index in [1.165, 1.54) is 0 Å². The number of anilines is 2. The molecule has 0 unspecified atom stereocenters. The number of rotatable bonds is 6. The average Bonchev–Trinajstić information content (AvgIpc) is 2.88. The van der Waals surface area contributed by atoms with Gasteiger partial charge in [-0.25, -0.2) is 9.97 Å². The predicted molar refractivity (Wildman–Crippen MR) is 80.8 cm³/mol. The number of methoxy groups -OCH3 is 1. The fourth-order valence-electron chi connectivity index (χ4n) is 2.48. The summed E-state index contributed by atoms with van der Waals surface area (Å²) in [7, 11) is 1.62. The normalized spacial score (nSPS) is 20.6. The highest BCUT2D eigenvalue weighted by Crippen LogP contribution is 2.35. The van der Waals surface area contributed by atoms with Crippen molar-refractivity contribution in [2.75, 3.05) is 18.2 Å². The van der Waals surface area contributed by atoms with Crippen LogP contribution in [0.25, 0.3) is 0 Å². The van der Waals surface area contributed by atoms with Gasteiger partial charge in [-0.2, -0.15) is 4.98 Å². The minimum atomic E-state index is 0.226. The maximum Gasteiger partial charge on any atom is 0.239 e. The number of nitrogens with one attached hydrogen (secondary N) is 2. The van der Waals surface area contributed by atoms with Crippen LogP contribution >= 0.6 is 0 Å². The first kappa shape index (κ1) is 14.7. The van der Waals surface area contributed by atoms with Gasteiger partial charge < -0.3 is 21.5 Å². The molecule has 1 saturated carbocycles. The van der Waals surface area contributed by atoms with Gasteiger partial charge in [0.05, 0.1) is 6.54 Å². The van der Waals surface area contributed by atoms with Crippen molar-refractivity contribution in [2.45, 2.75) is 38.0 Å². The molecule has 9 heteroatoms. The minimum absolute atomic E-state index is 0.226. The number of nitrogen functional groups attached to an aromatic ring is 1. The van der Waals surface area contributed by atoms with E-state index >= 15 is 0 Å². The summed E-state index contributed by atoms with van der Waals surface area (Å²) >= 11 is 0. The number of hydrogen-bond donors (Lipinski definition) is 4. The molecule has 0 spiro atoms. The van der Waals surface area contributed by atoms with Crippen LogP contribution in [0.15, 0.2) is 6.07 Å². The molecule has 2 aromatic rings. The van der Waals surface area contributed by atoms with Gasteiger partial charge in [-0.15, -0.1) is 5.10 Å². The summed E-state index contributed by atoms with van der Waals surface area (Å²) in [6.07, 6.45) is 1.92. The highest BCUT2D eigenvalue weighted by atomic mass is 16.5. The summed E-state index contributed by atoms with van der Waals surface area (Å²) in [6.45, 7) is 0.827. The Morgan fingerprint density at radius 3 is 2.82 bits per heavy atom. The molecule has 1 aliphatic rings. The second-order valence-corrected chi connectivity index (χ2v) is 5.45. The molecule has 22 heavy (non-hydrogen) atoms. The van der Waals surface area contributed by atoms with E-state index in [1.807, 2.05) is 6.07 Å². The Morgan fingerprint density at radius 2 is 2.18 bits per heavy atom. The van der Waals surface area contributed by atoms with E-state index in [9.17, 15) is 0 Å². The molecular weight excluding hydrogens is 284 g/mol. The van der Waals surface area contributed by atoms with Crippen LogP contribution in [0.3, 0.4) is 0 Å². The van der Waals surface area contributed by atoms with Gasteiger partial charge in [0.15, 0.2) is 5.82 Å². The average molecular weight is 304 g/mol. The van der Waals surface area contributed by atoms with Crippen molar-refractivity contribution in [2.24, 2.45) is 5.73 Å². The van der Waals surface area contributed by atoms with Crippen molar-refractivity contribution in [1.82, 2.24) is 25.1 Å². The Balaban J connectivity index is 1.73. The van der Waals surface area contributed by atoms with E-state index in [2.05, 4.69) is 30.5 Å². The molecule has 0 bridgehead atoms. The number of ether oxygens (including phenoxy) is 1. The smallest absolute Gasteiger partial charge is 0.239 e. The van der Waals surface area contributed by atoms with Crippen LogP contribution in [0, 0.1) is 0 Å². The van der Waals surface area contributed by atoms with Gasteiger partial charge in [0.2, 0.25) is 5.95 Å². The molecule has 118 valence electrons. The molecule has 1 aliphatic carbocycles. The lowest BCUT2D eigenvalue weighted by atomic mass is 9.78. The summed E-state index contributed by atoms with van der Waals surface area (Å²) in [5.41, 5.74) is 12.3.